The van der Waals surface area contributed by atoms with E-state index in [0.717, 1.165) is 36.3 Å². The summed E-state index contributed by atoms with van der Waals surface area (Å²) in [6.45, 7) is 4.34. The van der Waals surface area contributed by atoms with Crippen LogP contribution in [0.3, 0.4) is 0 Å². The second-order valence-electron chi connectivity index (χ2n) is 7.07. The van der Waals surface area contributed by atoms with Crippen LogP contribution in [0.15, 0.2) is 30.3 Å². The Kier molecular flexibility index (Phi) is 7.69. The minimum absolute atomic E-state index is 0.158. The number of rotatable bonds is 9. The van der Waals surface area contributed by atoms with E-state index in [0.29, 0.717) is 31.9 Å². The average molecular weight is 419 g/mol. The fourth-order valence-corrected chi connectivity index (χ4v) is 4.06. The van der Waals surface area contributed by atoms with Crippen LogP contribution in [-0.4, -0.2) is 51.1 Å². The second kappa shape index (κ2) is 10.4. The van der Waals surface area contributed by atoms with E-state index in [1.54, 1.807) is 27.8 Å². The maximum Gasteiger partial charge on any atom is 0.272 e. The standard InChI is InChI=1S/C21H27FN4O2S/c1-2-12-29-13-3-9-23-20(27)18-14-19-21(28)25(10-4-11-26(19)24-18)15-16-5-7-17(22)8-6-16/h5-8,14H,2-4,9-13,15H2,1H3,(H,23,27). The minimum atomic E-state index is -0.298. The molecule has 1 N–H and O–H groups in total. The second-order valence-corrected chi connectivity index (χ2v) is 8.29. The molecule has 29 heavy (non-hydrogen) atoms. The first-order valence-electron chi connectivity index (χ1n) is 10.1. The highest BCUT2D eigenvalue weighted by Gasteiger charge is 2.26. The number of aromatic nitrogens is 2. The number of hydrogen-bond acceptors (Lipinski definition) is 4. The summed E-state index contributed by atoms with van der Waals surface area (Å²) in [5.41, 5.74) is 1.57. The highest BCUT2D eigenvalue weighted by atomic mass is 32.2. The van der Waals surface area contributed by atoms with Gasteiger partial charge in [-0.1, -0.05) is 19.1 Å². The van der Waals surface area contributed by atoms with Crippen molar-refractivity contribution in [1.82, 2.24) is 20.0 Å². The van der Waals surface area contributed by atoms with Crippen LogP contribution in [0.1, 0.15) is 52.7 Å². The van der Waals surface area contributed by atoms with Crippen LogP contribution < -0.4 is 5.32 Å². The Labute approximate surface area is 174 Å². The summed E-state index contributed by atoms with van der Waals surface area (Å²) in [5, 5.41) is 7.23. The SMILES string of the molecule is CCCSCCCNC(=O)c1cc2n(n1)CCCN(Cc1ccc(F)cc1)C2=O. The molecule has 8 heteroatoms. The van der Waals surface area contributed by atoms with Crippen LogP contribution in [0.2, 0.25) is 0 Å². The van der Waals surface area contributed by atoms with Gasteiger partial charge in [-0.2, -0.15) is 16.9 Å². The molecule has 2 heterocycles. The number of fused-ring (bicyclic) bond motifs is 1. The zero-order chi connectivity index (χ0) is 20.6. The van der Waals surface area contributed by atoms with E-state index in [2.05, 4.69) is 17.3 Å². The van der Waals surface area contributed by atoms with Crippen molar-refractivity contribution in [2.45, 2.75) is 39.3 Å². The zero-order valence-electron chi connectivity index (χ0n) is 16.7. The maximum atomic E-state index is 13.1. The molecule has 156 valence electrons. The summed E-state index contributed by atoms with van der Waals surface area (Å²) >= 11 is 1.89. The molecule has 0 spiro atoms. The molecule has 0 atom stereocenters. The molecule has 2 aromatic rings. The maximum absolute atomic E-state index is 13.1. The largest absolute Gasteiger partial charge is 0.351 e. The number of halogens is 1. The Bertz CT molecular complexity index is 838. The molecule has 1 aromatic heterocycles. The lowest BCUT2D eigenvalue weighted by molar-refractivity contribution is 0.0745. The summed E-state index contributed by atoms with van der Waals surface area (Å²) in [6, 6.07) is 7.73. The van der Waals surface area contributed by atoms with Gasteiger partial charge in [0.25, 0.3) is 11.8 Å². The highest BCUT2D eigenvalue weighted by molar-refractivity contribution is 7.99. The monoisotopic (exact) mass is 418 g/mol. The number of thioether (sulfide) groups is 1. The normalized spacial score (nSPS) is 13.9. The number of benzene rings is 1. The van der Waals surface area contributed by atoms with Crippen LogP contribution >= 0.6 is 11.8 Å². The smallest absolute Gasteiger partial charge is 0.272 e. The van der Waals surface area contributed by atoms with Gasteiger partial charge in [0.1, 0.15) is 11.5 Å². The molecule has 1 aliphatic rings. The van der Waals surface area contributed by atoms with Gasteiger partial charge in [-0.05, 0) is 48.5 Å². The molecule has 0 aliphatic carbocycles. The quantitative estimate of drug-likeness (QED) is 0.635. The number of nitrogens with zero attached hydrogens (tertiary/aromatic N) is 3. The average Bonchev–Trinajstić information content (AvgIpc) is 3.09. The Balaban J connectivity index is 1.60. The van der Waals surface area contributed by atoms with Gasteiger partial charge in [-0.3, -0.25) is 14.3 Å². The van der Waals surface area contributed by atoms with Gasteiger partial charge in [-0.15, -0.1) is 0 Å². The van der Waals surface area contributed by atoms with Gasteiger partial charge < -0.3 is 10.2 Å². The van der Waals surface area contributed by atoms with Crippen molar-refractivity contribution >= 4 is 23.6 Å². The number of amides is 2. The topological polar surface area (TPSA) is 67.2 Å². The third-order valence-electron chi connectivity index (χ3n) is 4.70. The molecule has 0 bridgehead atoms. The number of aryl methyl sites for hydroxylation is 1. The molecule has 0 unspecified atom stereocenters. The van der Waals surface area contributed by atoms with Crippen LogP contribution in [0.25, 0.3) is 0 Å². The van der Waals surface area contributed by atoms with Crippen LogP contribution in [0, 0.1) is 5.82 Å². The summed E-state index contributed by atoms with van der Waals surface area (Å²) in [7, 11) is 0. The first-order valence-corrected chi connectivity index (χ1v) is 11.2. The van der Waals surface area contributed by atoms with Crippen molar-refractivity contribution in [2.75, 3.05) is 24.6 Å². The van der Waals surface area contributed by atoms with Crippen molar-refractivity contribution in [2.24, 2.45) is 0 Å². The van der Waals surface area contributed by atoms with E-state index in [1.165, 1.54) is 12.1 Å². The van der Waals surface area contributed by atoms with Crippen molar-refractivity contribution in [3.8, 4) is 0 Å². The van der Waals surface area contributed by atoms with Gasteiger partial charge in [-0.25, -0.2) is 4.39 Å². The van der Waals surface area contributed by atoms with Gasteiger partial charge >= 0.3 is 0 Å². The predicted molar refractivity (Wildman–Crippen MR) is 113 cm³/mol. The Morgan fingerprint density at radius 2 is 2.03 bits per heavy atom. The summed E-state index contributed by atoms with van der Waals surface area (Å²) in [6.07, 6.45) is 2.81. The molecule has 0 fully saturated rings. The summed E-state index contributed by atoms with van der Waals surface area (Å²) in [4.78, 5) is 27.1. The van der Waals surface area contributed by atoms with Crippen molar-refractivity contribution in [3.63, 3.8) is 0 Å². The lowest BCUT2D eigenvalue weighted by atomic mass is 10.2. The Morgan fingerprint density at radius 1 is 1.24 bits per heavy atom. The van der Waals surface area contributed by atoms with Gasteiger partial charge in [0, 0.05) is 32.2 Å². The fraction of sp³-hybridized carbons (Fsp3) is 0.476. The summed E-state index contributed by atoms with van der Waals surface area (Å²) in [5.74, 6) is 1.45. The first kappa shape index (κ1) is 21.4. The van der Waals surface area contributed by atoms with E-state index < -0.39 is 0 Å². The third kappa shape index (κ3) is 5.82. The van der Waals surface area contributed by atoms with E-state index in [9.17, 15) is 14.0 Å². The highest BCUT2D eigenvalue weighted by Crippen LogP contribution is 2.17. The van der Waals surface area contributed by atoms with Gasteiger partial charge in [0.2, 0.25) is 0 Å². The lowest BCUT2D eigenvalue weighted by Gasteiger charge is -2.20. The zero-order valence-corrected chi connectivity index (χ0v) is 17.5. The lowest BCUT2D eigenvalue weighted by Crippen LogP contribution is -2.30. The van der Waals surface area contributed by atoms with Crippen molar-refractivity contribution < 1.29 is 14.0 Å². The molecule has 2 amide bonds. The van der Waals surface area contributed by atoms with E-state index in [-0.39, 0.29) is 23.3 Å². The van der Waals surface area contributed by atoms with Crippen LogP contribution in [-0.2, 0) is 13.1 Å². The number of carbonyl (C=O) groups excluding carboxylic acids is 2. The number of nitrogens with one attached hydrogen (secondary N) is 1. The molecule has 1 aliphatic heterocycles. The van der Waals surface area contributed by atoms with Gasteiger partial charge in [0.05, 0.1) is 0 Å². The van der Waals surface area contributed by atoms with Gasteiger partial charge in [0.15, 0.2) is 5.69 Å². The van der Waals surface area contributed by atoms with Crippen LogP contribution in [0.4, 0.5) is 4.39 Å². The Morgan fingerprint density at radius 3 is 2.79 bits per heavy atom. The minimum Gasteiger partial charge on any atom is -0.351 e. The first-order chi connectivity index (χ1) is 14.1. The molecular formula is C21H27FN4O2S. The molecule has 0 saturated heterocycles. The van der Waals surface area contributed by atoms with Crippen molar-refractivity contribution in [3.05, 3.63) is 53.1 Å². The molecule has 0 radical (unpaired) electrons. The molecular weight excluding hydrogens is 391 g/mol. The van der Waals surface area contributed by atoms with Crippen molar-refractivity contribution in [1.29, 1.82) is 0 Å². The Hall–Kier alpha value is -2.35. The molecule has 1 aromatic carbocycles. The van der Waals surface area contributed by atoms with E-state index in [1.807, 2.05) is 11.8 Å². The summed E-state index contributed by atoms with van der Waals surface area (Å²) < 4.78 is 14.7. The van der Waals surface area contributed by atoms with Crippen LogP contribution in [0.5, 0.6) is 0 Å². The predicted octanol–water partition coefficient (Wildman–Crippen LogP) is 3.33. The van der Waals surface area contributed by atoms with E-state index >= 15 is 0 Å². The molecule has 3 rings (SSSR count). The fourth-order valence-electron chi connectivity index (χ4n) is 3.22. The molecule has 0 saturated carbocycles. The third-order valence-corrected chi connectivity index (χ3v) is 5.98. The number of hydrogen-bond donors (Lipinski definition) is 1. The molecule has 6 nitrogen and oxygen atoms in total. The van der Waals surface area contributed by atoms with E-state index in [4.69, 9.17) is 0 Å². The number of carbonyl (C=O) groups is 2.